The predicted molar refractivity (Wildman–Crippen MR) is 143 cm³/mol. The van der Waals surface area contributed by atoms with E-state index in [0.717, 1.165) is 0 Å². The SMILES string of the molecule is CC(C)CC(NC(=O)C(Cc1ccc(O)cc1)NC(=O)C(N)CCC(N)=O)C(=O)NC(Cc1cnc[nH]1)C(=O)O. The Morgan fingerprint density at radius 3 is 2.08 bits per heavy atom. The van der Waals surface area contributed by atoms with Crippen molar-refractivity contribution < 1.29 is 34.2 Å². The van der Waals surface area contributed by atoms with Crippen LogP contribution in [0.2, 0.25) is 0 Å². The normalized spacial score (nSPS) is 14.0. The number of benzene rings is 1. The first-order valence-corrected chi connectivity index (χ1v) is 12.8. The van der Waals surface area contributed by atoms with E-state index in [-0.39, 0.29) is 43.8 Å². The molecule has 4 atom stereocenters. The van der Waals surface area contributed by atoms with Gasteiger partial charge in [-0.05, 0) is 36.5 Å². The molecule has 2 rings (SSSR count). The van der Waals surface area contributed by atoms with Crippen LogP contribution in [-0.2, 0) is 36.8 Å². The first-order chi connectivity index (χ1) is 18.8. The zero-order valence-electron chi connectivity index (χ0n) is 22.4. The van der Waals surface area contributed by atoms with Crippen LogP contribution in [0, 0.1) is 5.92 Å². The fourth-order valence-electron chi connectivity index (χ4n) is 3.85. The lowest BCUT2D eigenvalue weighted by Crippen LogP contribution is -2.58. The molecule has 4 amide bonds. The van der Waals surface area contributed by atoms with Crippen molar-refractivity contribution in [3.63, 3.8) is 0 Å². The largest absolute Gasteiger partial charge is 0.508 e. The molecule has 0 saturated heterocycles. The zero-order chi connectivity index (χ0) is 29.8. The van der Waals surface area contributed by atoms with Crippen LogP contribution in [0.15, 0.2) is 36.8 Å². The highest BCUT2D eigenvalue weighted by Gasteiger charge is 2.31. The topological polar surface area (TPSA) is 243 Å². The van der Waals surface area contributed by atoms with Crippen LogP contribution in [0.3, 0.4) is 0 Å². The Morgan fingerprint density at radius 2 is 1.52 bits per heavy atom. The minimum atomic E-state index is -1.28. The Labute approximate surface area is 231 Å². The Morgan fingerprint density at radius 1 is 0.925 bits per heavy atom. The van der Waals surface area contributed by atoms with Crippen molar-refractivity contribution in [1.29, 1.82) is 0 Å². The van der Waals surface area contributed by atoms with Crippen molar-refractivity contribution in [2.75, 3.05) is 0 Å². The van der Waals surface area contributed by atoms with E-state index in [4.69, 9.17) is 11.5 Å². The third-order valence-corrected chi connectivity index (χ3v) is 5.98. The number of hydrogen-bond acceptors (Lipinski definition) is 8. The number of aromatic nitrogens is 2. The summed E-state index contributed by atoms with van der Waals surface area (Å²) in [5.74, 6) is -4.04. The lowest BCUT2D eigenvalue weighted by Gasteiger charge is -2.26. The minimum absolute atomic E-state index is 0.00597. The number of rotatable bonds is 16. The fraction of sp³-hybridized carbons (Fsp3) is 0.462. The molecule has 0 aliphatic carbocycles. The molecule has 14 heteroatoms. The molecule has 0 aliphatic heterocycles. The number of imidazole rings is 1. The first kappa shape index (κ1) is 31.8. The molecule has 2 aromatic rings. The van der Waals surface area contributed by atoms with Gasteiger partial charge in [0.15, 0.2) is 0 Å². The number of phenols is 1. The number of aromatic amines is 1. The number of aromatic hydroxyl groups is 1. The number of aliphatic carboxylic acids is 1. The third-order valence-electron chi connectivity index (χ3n) is 5.98. The highest BCUT2D eigenvalue weighted by molar-refractivity contribution is 5.94. The average Bonchev–Trinajstić information content (AvgIpc) is 3.40. The zero-order valence-corrected chi connectivity index (χ0v) is 22.4. The van der Waals surface area contributed by atoms with E-state index in [1.807, 2.05) is 13.8 Å². The number of carboxylic acid groups (broad SMARTS) is 1. The van der Waals surface area contributed by atoms with Gasteiger partial charge in [-0.2, -0.15) is 0 Å². The molecule has 14 nitrogen and oxygen atoms in total. The van der Waals surface area contributed by atoms with Gasteiger partial charge in [0.25, 0.3) is 0 Å². The number of H-pyrrole nitrogens is 1. The van der Waals surface area contributed by atoms with Gasteiger partial charge in [-0.3, -0.25) is 19.2 Å². The second-order valence-corrected chi connectivity index (χ2v) is 9.91. The summed E-state index contributed by atoms with van der Waals surface area (Å²) >= 11 is 0. The Bertz CT molecular complexity index is 1150. The summed E-state index contributed by atoms with van der Waals surface area (Å²) in [4.78, 5) is 68.8. The van der Waals surface area contributed by atoms with E-state index < -0.39 is 53.8 Å². The molecule has 10 N–H and O–H groups in total. The number of phenolic OH excluding ortho intramolecular Hbond substituents is 1. The van der Waals surface area contributed by atoms with E-state index >= 15 is 0 Å². The molecule has 0 bridgehead atoms. The number of amides is 4. The van der Waals surface area contributed by atoms with Crippen LogP contribution in [0.4, 0.5) is 0 Å². The van der Waals surface area contributed by atoms with Crippen LogP contribution >= 0.6 is 0 Å². The number of primary amides is 1. The van der Waals surface area contributed by atoms with E-state index in [1.165, 1.54) is 24.7 Å². The van der Waals surface area contributed by atoms with Gasteiger partial charge in [0.05, 0.1) is 12.4 Å². The smallest absolute Gasteiger partial charge is 0.326 e. The maximum atomic E-state index is 13.4. The predicted octanol–water partition coefficient (Wildman–Crippen LogP) is -0.922. The third kappa shape index (κ3) is 10.7. The van der Waals surface area contributed by atoms with Crippen molar-refractivity contribution in [1.82, 2.24) is 25.9 Å². The Hall–Kier alpha value is -4.46. The average molecular weight is 560 g/mol. The Kier molecular flexibility index (Phi) is 12.1. The summed E-state index contributed by atoms with van der Waals surface area (Å²) in [5.41, 5.74) is 12.1. The second kappa shape index (κ2) is 15.2. The van der Waals surface area contributed by atoms with Crippen LogP contribution in [0.5, 0.6) is 5.75 Å². The van der Waals surface area contributed by atoms with Gasteiger partial charge in [0.2, 0.25) is 23.6 Å². The van der Waals surface area contributed by atoms with E-state index in [9.17, 15) is 34.2 Å². The summed E-state index contributed by atoms with van der Waals surface area (Å²) in [6.45, 7) is 3.67. The second-order valence-electron chi connectivity index (χ2n) is 9.91. The molecule has 218 valence electrons. The molecule has 0 radical (unpaired) electrons. The van der Waals surface area contributed by atoms with Crippen LogP contribution in [0.1, 0.15) is 44.4 Å². The summed E-state index contributed by atoms with van der Waals surface area (Å²) in [7, 11) is 0. The fourth-order valence-corrected chi connectivity index (χ4v) is 3.85. The molecule has 4 unspecified atom stereocenters. The van der Waals surface area contributed by atoms with E-state index in [2.05, 4.69) is 25.9 Å². The van der Waals surface area contributed by atoms with Crippen molar-refractivity contribution in [2.24, 2.45) is 17.4 Å². The molecule has 0 saturated carbocycles. The number of nitrogens with two attached hydrogens (primary N) is 2. The summed E-state index contributed by atoms with van der Waals surface area (Å²) in [6, 6.07) is 1.29. The molecule has 0 spiro atoms. The van der Waals surface area contributed by atoms with Gasteiger partial charge in [0.1, 0.15) is 23.9 Å². The molecular weight excluding hydrogens is 522 g/mol. The van der Waals surface area contributed by atoms with Gasteiger partial charge in [-0.25, -0.2) is 9.78 Å². The van der Waals surface area contributed by atoms with Crippen molar-refractivity contribution in [2.45, 2.75) is 70.1 Å². The van der Waals surface area contributed by atoms with Crippen LogP contribution in [-0.4, -0.2) is 73.9 Å². The highest BCUT2D eigenvalue weighted by atomic mass is 16.4. The first-order valence-electron chi connectivity index (χ1n) is 12.8. The van der Waals surface area contributed by atoms with Gasteiger partial charge >= 0.3 is 5.97 Å². The molecule has 1 aromatic heterocycles. The van der Waals surface area contributed by atoms with Gasteiger partial charge in [-0.1, -0.05) is 26.0 Å². The molecule has 0 aliphatic rings. The highest BCUT2D eigenvalue weighted by Crippen LogP contribution is 2.13. The summed E-state index contributed by atoms with van der Waals surface area (Å²) in [5, 5.41) is 26.9. The number of nitrogens with zero attached hydrogens (tertiary/aromatic N) is 1. The maximum Gasteiger partial charge on any atom is 0.326 e. The number of carbonyl (C=O) groups excluding carboxylic acids is 4. The number of carboxylic acids is 1. The van der Waals surface area contributed by atoms with E-state index in [0.29, 0.717) is 11.3 Å². The monoisotopic (exact) mass is 559 g/mol. The minimum Gasteiger partial charge on any atom is -0.508 e. The maximum absolute atomic E-state index is 13.4. The molecule has 0 fully saturated rings. The molecule has 1 aromatic carbocycles. The molecule has 40 heavy (non-hydrogen) atoms. The van der Waals surface area contributed by atoms with Gasteiger partial charge < -0.3 is 42.6 Å². The number of hydrogen-bond donors (Lipinski definition) is 8. The quantitative estimate of drug-likeness (QED) is 0.127. The summed E-state index contributed by atoms with van der Waals surface area (Å²) < 4.78 is 0. The van der Waals surface area contributed by atoms with Crippen molar-refractivity contribution >= 4 is 29.6 Å². The van der Waals surface area contributed by atoms with Gasteiger partial charge in [0, 0.05) is 31.2 Å². The Balaban J connectivity index is 2.22. The number of nitrogens with one attached hydrogen (secondary N) is 4. The summed E-state index contributed by atoms with van der Waals surface area (Å²) in [6.07, 6.45) is 2.82. The van der Waals surface area contributed by atoms with Crippen molar-refractivity contribution in [3.05, 3.63) is 48.0 Å². The van der Waals surface area contributed by atoms with Crippen LogP contribution in [0.25, 0.3) is 0 Å². The van der Waals surface area contributed by atoms with Crippen LogP contribution < -0.4 is 27.4 Å². The van der Waals surface area contributed by atoms with Gasteiger partial charge in [-0.15, -0.1) is 0 Å². The lowest BCUT2D eigenvalue weighted by atomic mass is 10.00. The molecular formula is C26H37N7O7. The van der Waals surface area contributed by atoms with Crippen molar-refractivity contribution in [3.8, 4) is 5.75 Å². The van der Waals surface area contributed by atoms with E-state index in [1.54, 1.807) is 12.1 Å². The molecule has 1 heterocycles. The standard InChI is InChI=1S/C26H37N7O7/c1-14(2)9-19(24(37)33-21(26(39)40)11-16-12-29-13-30-16)32-25(38)20(10-15-3-5-17(34)6-4-15)31-23(36)18(27)7-8-22(28)35/h3-6,12-14,18-21,34H,7-11,27H2,1-2H3,(H2,28,35)(H,29,30)(H,31,36)(H,32,38)(H,33,37)(H,39,40). The lowest BCUT2D eigenvalue weighted by molar-refractivity contribution is -0.142. The number of carbonyl (C=O) groups is 5.